The van der Waals surface area contributed by atoms with E-state index in [2.05, 4.69) is 31.6 Å². The Morgan fingerprint density at radius 2 is 2.31 bits per heavy atom. The molecule has 138 valence electrons. The molecule has 3 rings (SSSR count). The molecule has 0 spiro atoms. The summed E-state index contributed by atoms with van der Waals surface area (Å²) < 4.78 is 8.62. The van der Waals surface area contributed by atoms with Crippen molar-refractivity contribution in [3.8, 4) is 0 Å². The first-order chi connectivity index (χ1) is 12.5. The van der Waals surface area contributed by atoms with Gasteiger partial charge in [0.15, 0.2) is 0 Å². The van der Waals surface area contributed by atoms with Crippen molar-refractivity contribution in [2.24, 2.45) is 10.7 Å². The number of oxazole rings is 1. The van der Waals surface area contributed by atoms with E-state index in [1.165, 1.54) is 3.58 Å². The van der Waals surface area contributed by atoms with Crippen LogP contribution >= 0.6 is 12.2 Å². The Kier molecular flexibility index (Phi) is 6.09. The van der Waals surface area contributed by atoms with Crippen LogP contribution in [0.1, 0.15) is 19.8 Å². The Morgan fingerprint density at radius 3 is 3.12 bits per heavy atom. The number of halogens is 1. The zero-order valence-electron chi connectivity index (χ0n) is 14.1. The van der Waals surface area contributed by atoms with Crippen molar-refractivity contribution in [1.29, 1.82) is 0 Å². The second kappa shape index (κ2) is 8.49. The van der Waals surface area contributed by atoms with E-state index in [-0.39, 0.29) is 21.2 Å². The molecule has 1 aromatic heterocycles. The van der Waals surface area contributed by atoms with Gasteiger partial charge in [0.05, 0.1) is 0 Å². The number of H-pyrrole nitrogens is 1. The number of aromatic nitrogens is 1. The maximum atomic E-state index is 11.2. The normalized spacial score (nSPS) is 14.6. The van der Waals surface area contributed by atoms with E-state index in [0.29, 0.717) is 28.6 Å². The Morgan fingerprint density at radius 1 is 1.46 bits per heavy atom. The summed E-state index contributed by atoms with van der Waals surface area (Å²) in [7, 11) is 0. The number of rotatable bonds is 5. The number of fused-ring (bicyclic) bond motifs is 1. The van der Waals surface area contributed by atoms with E-state index in [1.807, 2.05) is 12.3 Å². The van der Waals surface area contributed by atoms with Crippen LogP contribution in [0.3, 0.4) is 0 Å². The quantitative estimate of drug-likeness (QED) is 0.334. The molecule has 0 unspecified atom stereocenters. The second-order valence-corrected chi connectivity index (χ2v) is 8.66. The van der Waals surface area contributed by atoms with E-state index in [4.69, 9.17) is 22.4 Å². The van der Waals surface area contributed by atoms with Crippen LogP contribution in [-0.2, 0) is 0 Å². The number of allylic oxidation sites excluding steroid dienone is 1. The molecular weight excluding hydrogens is 465 g/mol. The van der Waals surface area contributed by atoms with Crippen LogP contribution in [0.5, 0.6) is 0 Å². The monoisotopic (exact) mass is 484 g/mol. The summed E-state index contributed by atoms with van der Waals surface area (Å²) in [5.41, 5.74) is 8.87. The summed E-state index contributed by atoms with van der Waals surface area (Å²) in [4.78, 5) is 18.2. The van der Waals surface area contributed by atoms with Crippen LogP contribution in [0.2, 0.25) is 0 Å². The van der Waals surface area contributed by atoms with Crippen LogP contribution in [0, 0.1) is 0 Å². The van der Waals surface area contributed by atoms with Gasteiger partial charge in [-0.3, -0.25) is 0 Å². The molecule has 0 radical (unpaired) electrons. The summed E-state index contributed by atoms with van der Waals surface area (Å²) in [6, 6.07) is 5.29. The second-order valence-electron chi connectivity index (χ2n) is 5.62. The number of anilines is 1. The van der Waals surface area contributed by atoms with Crippen molar-refractivity contribution in [2.45, 2.75) is 19.8 Å². The van der Waals surface area contributed by atoms with Gasteiger partial charge >= 0.3 is 166 Å². The Balaban J connectivity index is 1.59. The van der Waals surface area contributed by atoms with Crippen LogP contribution in [-0.4, -0.2) is 22.5 Å². The molecule has 9 heteroatoms. The Bertz CT molecular complexity index is 973. The summed E-state index contributed by atoms with van der Waals surface area (Å²) in [5.74, 6) is 0.0499. The van der Waals surface area contributed by atoms with Crippen LogP contribution < -0.4 is 43.3 Å². The van der Waals surface area contributed by atoms with Gasteiger partial charge < -0.3 is 0 Å². The van der Waals surface area contributed by atoms with Crippen molar-refractivity contribution in [3.05, 3.63) is 48.2 Å². The van der Waals surface area contributed by atoms with Crippen molar-refractivity contribution in [2.75, 3.05) is 11.9 Å². The Labute approximate surface area is 166 Å². The molecule has 7 nitrogen and oxygen atoms in total. The van der Waals surface area contributed by atoms with Gasteiger partial charge in [0, 0.05) is 0 Å². The molecule has 5 N–H and O–H groups in total. The molecule has 0 aliphatic carbocycles. The molecule has 2 aromatic rings. The third kappa shape index (κ3) is 4.73. The first-order valence-electron chi connectivity index (χ1n) is 8.08. The number of hydrogen-bond acceptors (Lipinski definition) is 5. The number of nitrogens with two attached hydrogens (primary N) is 1. The fourth-order valence-electron chi connectivity index (χ4n) is 2.30. The molecule has 0 bridgehead atoms. The molecule has 1 aliphatic rings. The fraction of sp³-hybridized carbons (Fsp3) is 0.235. The molecule has 1 aliphatic heterocycles. The zero-order valence-corrected chi connectivity index (χ0v) is 17.1. The van der Waals surface area contributed by atoms with Gasteiger partial charge in [-0.2, -0.15) is 0 Å². The SMILES string of the molecule is CCCC1=CN=C(N)C(CNC(=S)Nc2ccc3[nH]c(=O)oc3c2)=C[I-]1. The van der Waals surface area contributed by atoms with Gasteiger partial charge in [0.1, 0.15) is 0 Å². The molecule has 1 aromatic carbocycles. The number of nitrogens with one attached hydrogen (secondary N) is 3. The summed E-state index contributed by atoms with van der Waals surface area (Å²) >= 11 is 5.14. The van der Waals surface area contributed by atoms with Gasteiger partial charge in [-0.15, -0.1) is 0 Å². The molecule has 0 saturated carbocycles. The van der Waals surface area contributed by atoms with Gasteiger partial charge in [-0.1, -0.05) is 0 Å². The number of benzene rings is 1. The molecule has 26 heavy (non-hydrogen) atoms. The number of aromatic amines is 1. The van der Waals surface area contributed by atoms with E-state index >= 15 is 0 Å². The summed E-state index contributed by atoms with van der Waals surface area (Å²) in [5, 5.41) is 6.68. The molecular formula is C17H19IN5O2S-. The number of hydrogen-bond donors (Lipinski definition) is 4. The predicted octanol–water partition coefficient (Wildman–Crippen LogP) is -0.607. The van der Waals surface area contributed by atoms with E-state index in [9.17, 15) is 4.79 Å². The molecule has 2 heterocycles. The average molecular weight is 484 g/mol. The van der Waals surface area contributed by atoms with Crippen molar-refractivity contribution in [1.82, 2.24) is 10.3 Å². The van der Waals surface area contributed by atoms with Gasteiger partial charge in [-0.25, -0.2) is 0 Å². The predicted molar refractivity (Wildman–Crippen MR) is 104 cm³/mol. The number of aliphatic imine (C=N–C) groups is 1. The van der Waals surface area contributed by atoms with Crippen molar-refractivity contribution >= 4 is 40.0 Å². The third-order valence-electron chi connectivity index (χ3n) is 3.61. The third-order valence-corrected chi connectivity index (χ3v) is 6.53. The summed E-state index contributed by atoms with van der Waals surface area (Å²) in [6.07, 6.45) is 4.09. The molecule has 0 fully saturated rings. The minimum atomic E-state index is -0.479. The molecule has 0 amide bonds. The van der Waals surface area contributed by atoms with E-state index < -0.39 is 5.76 Å². The standard InChI is InChI=1S/C17H19IN5O2S/c1-2-3-11-9-20-15(19)10(7-18-11)8-21-16(26)22-12-4-5-13-14(6-12)25-17(24)23-13/h4-7,9H,2-3,8H2,1H3,(H2,19,20)(H,23,24)(H2,21,22,26)/q-1. The summed E-state index contributed by atoms with van der Waals surface area (Å²) in [6.45, 7) is 2.67. The molecule has 0 atom stereocenters. The average Bonchev–Trinajstić information content (AvgIpc) is 2.88. The fourth-order valence-corrected chi connectivity index (χ4v) is 4.96. The zero-order chi connectivity index (χ0) is 18.5. The van der Waals surface area contributed by atoms with Crippen molar-refractivity contribution in [3.63, 3.8) is 0 Å². The minimum absolute atomic E-state index is 0.197. The topological polar surface area (TPSA) is 108 Å². The van der Waals surface area contributed by atoms with Gasteiger partial charge in [0.25, 0.3) is 0 Å². The van der Waals surface area contributed by atoms with Crippen LogP contribution in [0.25, 0.3) is 11.1 Å². The van der Waals surface area contributed by atoms with E-state index in [0.717, 1.165) is 24.1 Å². The van der Waals surface area contributed by atoms with E-state index in [1.54, 1.807) is 12.1 Å². The number of thiocarbonyl (C=S) groups is 1. The van der Waals surface area contributed by atoms with Crippen LogP contribution in [0.15, 0.2) is 51.8 Å². The number of nitrogens with zero attached hydrogens (tertiary/aromatic N) is 1. The van der Waals surface area contributed by atoms with Gasteiger partial charge in [0.2, 0.25) is 0 Å². The first-order valence-corrected chi connectivity index (χ1v) is 10.8. The number of amidine groups is 1. The van der Waals surface area contributed by atoms with Crippen LogP contribution in [0.4, 0.5) is 5.69 Å². The molecule has 0 saturated heterocycles. The maximum absolute atomic E-state index is 11.2. The Hall–Kier alpha value is -2.14. The first kappa shape index (κ1) is 18.6. The van der Waals surface area contributed by atoms with Gasteiger partial charge in [-0.05, 0) is 0 Å². The van der Waals surface area contributed by atoms with Crippen molar-refractivity contribution < 1.29 is 25.6 Å².